The molecule has 2 unspecified atom stereocenters. The lowest BCUT2D eigenvalue weighted by atomic mass is 9.82. The Morgan fingerprint density at radius 2 is 1.58 bits per heavy atom. The van der Waals surface area contributed by atoms with Crippen molar-refractivity contribution in [3.8, 4) is 5.75 Å². The smallest absolute Gasteiger partial charge is 0.126 e. The van der Waals surface area contributed by atoms with Crippen molar-refractivity contribution in [1.82, 2.24) is 4.90 Å². The molecule has 2 atom stereocenters. The van der Waals surface area contributed by atoms with Crippen LogP contribution in [0.5, 0.6) is 5.75 Å². The zero-order chi connectivity index (χ0) is 27.9. The Bertz CT molecular complexity index is 1180. The first-order valence-electron chi connectivity index (χ1n) is 14.3. The third kappa shape index (κ3) is 8.17. The highest BCUT2D eigenvalue weighted by molar-refractivity contribution is 7.48. The Kier molecular flexibility index (Phi) is 10.6. The van der Waals surface area contributed by atoms with Crippen molar-refractivity contribution in [1.29, 1.82) is 0 Å². The molecule has 0 heterocycles. The van der Waals surface area contributed by atoms with Crippen LogP contribution in [-0.4, -0.2) is 19.0 Å². The minimum atomic E-state index is -0.0104. The van der Waals surface area contributed by atoms with Crippen LogP contribution in [0, 0.1) is 13.8 Å². The molecule has 0 bridgehead atoms. The summed E-state index contributed by atoms with van der Waals surface area (Å²) in [6.07, 6.45) is 4.87. The minimum Gasteiger partial charge on any atom is -0.488 e. The molecule has 0 fully saturated rings. The van der Waals surface area contributed by atoms with Crippen molar-refractivity contribution >= 4 is 13.9 Å². The van der Waals surface area contributed by atoms with Gasteiger partial charge in [-0.3, -0.25) is 0 Å². The Morgan fingerprint density at radius 1 is 0.868 bits per heavy atom. The Labute approximate surface area is 235 Å². The summed E-state index contributed by atoms with van der Waals surface area (Å²) in [5, 5.41) is 1.47. The summed E-state index contributed by atoms with van der Waals surface area (Å²) >= 11 is 0. The summed E-state index contributed by atoms with van der Waals surface area (Å²) in [4.78, 5) is 2.29. The first-order chi connectivity index (χ1) is 17.9. The van der Waals surface area contributed by atoms with Crippen LogP contribution in [0.2, 0.25) is 0 Å². The van der Waals surface area contributed by atoms with Crippen molar-refractivity contribution in [3.63, 3.8) is 0 Å². The standard InChI is InChI=1S/C35H50NOP/c1-10-11-15-20-35(7,38-32-19-18-26(2)21-29(32)24-36(8)9)31-23-30(34(4,5)6)22-27(3)33(31)37-25-28-16-13-12-14-17-28/h12-14,16-19,21-23,38H,10-11,15,20,24-25H2,1-9H3. The molecule has 3 aromatic carbocycles. The summed E-state index contributed by atoms with van der Waals surface area (Å²) in [5.41, 5.74) is 8.08. The maximum atomic E-state index is 6.72. The van der Waals surface area contributed by atoms with Gasteiger partial charge in [-0.05, 0) is 67.3 Å². The molecule has 3 rings (SSSR count). The minimum absolute atomic E-state index is 0.0104. The highest BCUT2D eigenvalue weighted by Gasteiger charge is 2.33. The van der Waals surface area contributed by atoms with E-state index in [1.165, 1.54) is 57.9 Å². The van der Waals surface area contributed by atoms with E-state index in [-0.39, 0.29) is 10.6 Å². The van der Waals surface area contributed by atoms with Crippen LogP contribution in [0.15, 0.2) is 60.7 Å². The Morgan fingerprint density at radius 3 is 2.21 bits per heavy atom. The maximum Gasteiger partial charge on any atom is 0.126 e. The topological polar surface area (TPSA) is 12.5 Å². The fraction of sp³-hybridized carbons (Fsp3) is 0.486. The molecule has 3 aromatic rings. The number of ether oxygens (including phenoxy) is 1. The van der Waals surface area contributed by atoms with Gasteiger partial charge in [0.2, 0.25) is 0 Å². The van der Waals surface area contributed by atoms with E-state index in [2.05, 4.69) is 128 Å². The van der Waals surface area contributed by atoms with Gasteiger partial charge in [0.15, 0.2) is 0 Å². The van der Waals surface area contributed by atoms with Crippen molar-refractivity contribution in [3.05, 3.63) is 94.0 Å². The van der Waals surface area contributed by atoms with Gasteiger partial charge < -0.3 is 9.64 Å². The van der Waals surface area contributed by atoms with Gasteiger partial charge in [0, 0.05) is 17.3 Å². The summed E-state index contributed by atoms with van der Waals surface area (Å²) in [6.45, 7) is 17.8. The molecular weight excluding hydrogens is 481 g/mol. The number of hydrogen-bond donors (Lipinski definition) is 0. The molecule has 0 aliphatic rings. The molecule has 0 aliphatic carbocycles. The highest BCUT2D eigenvalue weighted by atomic mass is 31.1. The summed E-state index contributed by atoms with van der Waals surface area (Å²) < 4.78 is 6.72. The summed E-state index contributed by atoms with van der Waals surface area (Å²) in [7, 11) is 5.00. The zero-order valence-electron chi connectivity index (χ0n) is 25.4. The highest BCUT2D eigenvalue weighted by Crippen LogP contribution is 2.51. The van der Waals surface area contributed by atoms with Crippen molar-refractivity contribution in [2.45, 2.75) is 97.9 Å². The second-order valence-corrected chi connectivity index (χ2v) is 14.4. The van der Waals surface area contributed by atoms with E-state index in [4.69, 9.17) is 4.74 Å². The number of nitrogens with zero attached hydrogens (tertiary/aromatic N) is 1. The summed E-state index contributed by atoms with van der Waals surface area (Å²) in [6, 6.07) is 22.4. The van der Waals surface area contributed by atoms with E-state index in [0.29, 0.717) is 15.2 Å². The van der Waals surface area contributed by atoms with E-state index in [9.17, 15) is 0 Å². The molecule has 0 radical (unpaired) electrons. The second-order valence-electron chi connectivity index (χ2n) is 12.5. The van der Waals surface area contributed by atoms with Crippen LogP contribution in [0.3, 0.4) is 0 Å². The van der Waals surface area contributed by atoms with Crippen LogP contribution in [0.1, 0.15) is 93.7 Å². The van der Waals surface area contributed by atoms with E-state index < -0.39 is 0 Å². The molecule has 3 heteroatoms. The van der Waals surface area contributed by atoms with Crippen LogP contribution in [-0.2, 0) is 23.7 Å². The fourth-order valence-electron chi connectivity index (χ4n) is 5.14. The van der Waals surface area contributed by atoms with E-state index in [1.807, 2.05) is 0 Å². The lowest BCUT2D eigenvalue weighted by Gasteiger charge is -2.35. The molecule has 38 heavy (non-hydrogen) atoms. The fourth-order valence-corrected chi connectivity index (χ4v) is 6.84. The third-order valence-electron chi connectivity index (χ3n) is 7.40. The van der Waals surface area contributed by atoms with Gasteiger partial charge >= 0.3 is 0 Å². The number of rotatable bonds is 12. The second kappa shape index (κ2) is 13.3. The quantitative estimate of drug-likeness (QED) is 0.171. The third-order valence-corrected chi connectivity index (χ3v) is 9.23. The molecule has 2 nitrogen and oxygen atoms in total. The van der Waals surface area contributed by atoms with E-state index in [1.54, 1.807) is 0 Å². The SMILES string of the molecule is CCCCCC(C)(Pc1ccc(C)cc1CN(C)C)c1cc(C(C)(C)C)cc(C)c1OCc1ccccc1. The van der Waals surface area contributed by atoms with Gasteiger partial charge in [-0.1, -0.05) is 129 Å². The molecule has 0 aliphatic heterocycles. The van der Waals surface area contributed by atoms with Crippen LogP contribution >= 0.6 is 8.58 Å². The molecular formula is C35H50NOP. The van der Waals surface area contributed by atoms with Gasteiger partial charge in [-0.15, -0.1) is 0 Å². The van der Waals surface area contributed by atoms with Crippen molar-refractivity contribution < 1.29 is 4.74 Å². The number of hydrogen-bond acceptors (Lipinski definition) is 2. The normalized spacial score (nSPS) is 13.8. The first kappa shape index (κ1) is 30.4. The molecule has 0 amide bonds. The van der Waals surface area contributed by atoms with Crippen LogP contribution in [0.4, 0.5) is 0 Å². The number of unbranched alkanes of at least 4 members (excludes halogenated alkanes) is 2. The monoisotopic (exact) mass is 531 g/mol. The Hall–Kier alpha value is -2.15. The first-order valence-corrected chi connectivity index (χ1v) is 15.3. The predicted molar refractivity (Wildman–Crippen MR) is 169 cm³/mol. The van der Waals surface area contributed by atoms with Crippen molar-refractivity contribution in [2.24, 2.45) is 0 Å². The number of aryl methyl sites for hydroxylation is 2. The zero-order valence-corrected chi connectivity index (χ0v) is 26.4. The molecule has 0 saturated heterocycles. The average Bonchev–Trinajstić information content (AvgIpc) is 2.84. The number of benzene rings is 3. The lowest BCUT2D eigenvalue weighted by Crippen LogP contribution is -2.25. The summed E-state index contributed by atoms with van der Waals surface area (Å²) in [5.74, 6) is 1.08. The van der Waals surface area contributed by atoms with Crippen LogP contribution < -0.4 is 10.0 Å². The molecule has 206 valence electrons. The van der Waals surface area contributed by atoms with E-state index >= 15 is 0 Å². The van der Waals surface area contributed by atoms with Crippen LogP contribution in [0.25, 0.3) is 0 Å². The molecule has 0 spiro atoms. The largest absolute Gasteiger partial charge is 0.488 e. The molecule has 0 saturated carbocycles. The molecule has 0 N–H and O–H groups in total. The lowest BCUT2D eigenvalue weighted by molar-refractivity contribution is 0.296. The maximum absolute atomic E-state index is 6.72. The van der Waals surface area contributed by atoms with Gasteiger partial charge in [-0.25, -0.2) is 0 Å². The van der Waals surface area contributed by atoms with Gasteiger partial charge in [0.25, 0.3) is 0 Å². The van der Waals surface area contributed by atoms with Gasteiger partial charge in [-0.2, -0.15) is 0 Å². The predicted octanol–water partition coefficient (Wildman–Crippen LogP) is 9.04. The Balaban J connectivity index is 2.15. The molecule has 0 aromatic heterocycles. The van der Waals surface area contributed by atoms with Crippen molar-refractivity contribution in [2.75, 3.05) is 14.1 Å². The van der Waals surface area contributed by atoms with E-state index in [0.717, 1.165) is 18.7 Å². The average molecular weight is 532 g/mol. The van der Waals surface area contributed by atoms with Gasteiger partial charge in [0.05, 0.1) is 0 Å². The van der Waals surface area contributed by atoms with Gasteiger partial charge in [0.1, 0.15) is 12.4 Å².